The average Bonchev–Trinajstić information content (AvgIpc) is 3.48. The molecule has 2 aliphatic rings. The summed E-state index contributed by atoms with van der Waals surface area (Å²) in [5.74, 6) is 2.10. The fourth-order valence-electron chi connectivity index (χ4n) is 5.18. The number of hydrogen-bond donors (Lipinski definition) is 2. The van der Waals surface area contributed by atoms with Crippen LogP contribution in [-0.4, -0.2) is 41.8 Å². The molecular weight excluding hydrogens is 464 g/mol. The Labute approximate surface area is 212 Å². The molecule has 182 valence electrons. The Kier molecular flexibility index (Phi) is 4.95. The quantitative estimate of drug-likeness (QED) is 0.373. The normalized spacial score (nSPS) is 15.6. The third kappa shape index (κ3) is 3.70. The number of hydrogen-bond acceptors (Lipinski definition) is 6. The first-order valence-corrected chi connectivity index (χ1v) is 12.5. The van der Waals surface area contributed by atoms with Crippen LogP contribution in [0.4, 0.5) is 0 Å². The molecular formula is C28H24N8O. The zero-order chi connectivity index (χ0) is 24.9. The molecule has 3 heterocycles. The molecule has 2 N–H and O–H groups in total. The van der Waals surface area contributed by atoms with Crippen LogP contribution >= 0.6 is 0 Å². The minimum absolute atomic E-state index is 0.0443. The van der Waals surface area contributed by atoms with E-state index in [0.29, 0.717) is 24.6 Å². The first-order chi connectivity index (χ1) is 18.2. The third-order valence-corrected chi connectivity index (χ3v) is 7.12. The molecule has 0 spiro atoms. The maximum Gasteiger partial charge on any atom is 0.240 e. The Balaban J connectivity index is 1.47. The van der Waals surface area contributed by atoms with E-state index in [1.54, 1.807) is 0 Å². The molecule has 0 bridgehead atoms. The van der Waals surface area contributed by atoms with Crippen LogP contribution in [0.3, 0.4) is 0 Å². The number of amides is 1. The minimum Gasteiger partial charge on any atom is -0.295 e. The number of aromatic nitrogens is 6. The Morgan fingerprint density at radius 2 is 1.73 bits per heavy atom. The summed E-state index contributed by atoms with van der Waals surface area (Å²) in [7, 11) is 0. The van der Waals surface area contributed by atoms with Gasteiger partial charge in [0.15, 0.2) is 5.82 Å². The first kappa shape index (κ1) is 21.6. The molecule has 37 heavy (non-hydrogen) atoms. The number of nitrogens with one attached hydrogen (secondary N) is 2. The van der Waals surface area contributed by atoms with Crippen molar-refractivity contribution in [3.8, 4) is 28.2 Å². The predicted molar refractivity (Wildman–Crippen MR) is 140 cm³/mol. The van der Waals surface area contributed by atoms with Crippen LogP contribution < -0.4 is 5.43 Å². The Hall–Kier alpha value is -4.66. The maximum atomic E-state index is 11.7. The van der Waals surface area contributed by atoms with E-state index in [-0.39, 0.29) is 5.91 Å². The molecule has 5 aromatic rings. The second kappa shape index (κ2) is 8.48. The molecule has 1 amide bonds. The van der Waals surface area contributed by atoms with Crippen LogP contribution in [-0.2, 0) is 4.79 Å². The molecule has 0 unspecified atom stereocenters. The molecule has 1 aliphatic carbocycles. The van der Waals surface area contributed by atoms with E-state index in [1.807, 2.05) is 18.2 Å². The topological polar surface area (TPSA) is 114 Å². The van der Waals surface area contributed by atoms with Gasteiger partial charge in [0.05, 0.1) is 22.4 Å². The summed E-state index contributed by atoms with van der Waals surface area (Å²) >= 11 is 0. The lowest BCUT2D eigenvalue weighted by Crippen LogP contribution is -2.25. The lowest BCUT2D eigenvalue weighted by Gasteiger charge is -2.17. The van der Waals surface area contributed by atoms with Crippen LogP contribution in [0.2, 0.25) is 0 Å². The molecule has 9 nitrogen and oxygen atoms in total. The van der Waals surface area contributed by atoms with Gasteiger partial charge in [-0.25, -0.2) is 15.5 Å². The van der Waals surface area contributed by atoms with Gasteiger partial charge < -0.3 is 0 Å². The summed E-state index contributed by atoms with van der Waals surface area (Å²) in [6.45, 7) is 2.10. The monoisotopic (exact) mass is 488 g/mol. The van der Waals surface area contributed by atoms with Crippen LogP contribution in [0, 0.1) is 6.92 Å². The van der Waals surface area contributed by atoms with Crippen molar-refractivity contribution in [2.45, 2.75) is 38.5 Å². The standard InChI is InChI=1S/C28H24N8O/c1-16-14-18(22-12-13-25(37)31-30-22)15-24-26(16)29-28(17-10-11-17)36(24)23-9-5-4-7-20(23)19-6-2-3-8-21(19)27-32-34-35-33-27/h2-9,14-15,17H,10-13H2,1H3,(H,31,37)(H,32,33,34,35). The van der Waals surface area contributed by atoms with E-state index in [2.05, 4.69) is 85.1 Å². The van der Waals surface area contributed by atoms with Gasteiger partial charge in [0.2, 0.25) is 5.91 Å². The van der Waals surface area contributed by atoms with Crippen molar-refractivity contribution < 1.29 is 4.79 Å². The zero-order valence-electron chi connectivity index (χ0n) is 20.3. The van der Waals surface area contributed by atoms with E-state index in [0.717, 1.165) is 68.9 Å². The first-order valence-electron chi connectivity index (χ1n) is 12.5. The number of aromatic amines is 1. The number of tetrazole rings is 1. The van der Waals surface area contributed by atoms with Crippen molar-refractivity contribution in [3.05, 3.63) is 77.6 Å². The highest BCUT2D eigenvalue weighted by atomic mass is 16.2. The van der Waals surface area contributed by atoms with Crippen LogP contribution in [0.25, 0.3) is 39.2 Å². The number of carbonyl (C=O) groups excluding carboxylic acids is 1. The number of rotatable bonds is 5. The van der Waals surface area contributed by atoms with Gasteiger partial charge in [-0.2, -0.15) is 5.10 Å². The third-order valence-electron chi connectivity index (χ3n) is 7.12. The number of aryl methyl sites for hydroxylation is 1. The van der Waals surface area contributed by atoms with Crippen molar-refractivity contribution in [2.24, 2.45) is 5.10 Å². The van der Waals surface area contributed by atoms with Gasteiger partial charge in [0, 0.05) is 35.4 Å². The number of hydrazone groups is 1. The molecule has 2 aromatic heterocycles. The summed E-state index contributed by atoms with van der Waals surface area (Å²) in [6.07, 6.45) is 3.33. The Morgan fingerprint density at radius 3 is 2.46 bits per heavy atom. The smallest absolute Gasteiger partial charge is 0.240 e. The lowest BCUT2D eigenvalue weighted by atomic mass is 9.97. The van der Waals surface area contributed by atoms with Gasteiger partial charge in [-0.05, 0) is 59.5 Å². The van der Waals surface area contributed by atoms with Crippen molar-refractivity contribution in [1.82, 2.24) is 35.6 Å². The molecule has 1 saturated carbocycles. The van der Waals surface area contributed by atoms with E-state index in [4.69, 9.17) is 4.98 Å². The van der Waals surface area contributed by atoms with E-state index < -0.39 is 0 Å². The molecule has 7 rings (SSSR count). The maximum absolute atomic E-state index is 11.7. The SMILES string of the molecule is Cc1cc(C2=NNC(=O)CC2)cc2c1nc(C1CC1)n2-c1ccccc1-c1ccccc1-c1nnn[nH]1. The fraction of sp³-hybridized carbons (Fsp3) is 0.214. The van der Waals surface area contributed by atoms with Gasteiger partial charge in [-0.3, -0.25) is 9.36 Å². The van der Waals surface area contributed by atoms with Crippen LogP contribution in [0.15, 0.2) is 65.8 Å². The summed E-state index contributed by atoms with van der Waals surface area (Å²) in [6, 6.07) is 20.9. The molecule has 9 heteroatoms. The molecule has 1 fully saturated rings. The summed E-state index contributed by atoms with van der Waals surface area (Å²) in [4.78, 5) is 16.9. The van der Waals surface area contributed by atoms with Gasteiger partial charge in [0.1, 0.15) is 5.82 Å². The van der Waals surface area contributed by atoms with Gasteiger partial charge in [-0.15, -0.1) is 5.10 Å². The number of imidazole rings is 1. The molecule has 0 radical (unpaired) electrons. The largest absolute Gasteiger partial charge is 0.295 e. The highest BCUT2D eigenvalue weighted by molar-refractivity contribution is 6.06. The Bertz CT molecular complexity index is 1700. The second-order valence-electron chi connectivity index (χ2n) is 9.65. The molecule has 3 aromatic carbocycles. The highest BCUT2D eigenvalue weighted by Gasteiger charge is 2.31. The van der Waals surface area contributed by atoms with Crippen molar-refractivity contribution in [1.29, 1.82) is 0 Å². The van der Waals surface area contributed by atoms with Crippen molar-refractivity contribution in [3.63, 3.8) is 0 Å². The molecule has 0 saturated heterocycles. The number of H-pyrrole nitrogens is 1. The van der Waals surface area contributed by atoms with Crippen LogP contribution in [0.5, 0.6) is 0 Å². The average molecular weight is 489 g/mol. The van der Waals surface area contributed by atoms with E-state index in [1.165, 1.54) is 0 Å². The summed E-state index contributed by atoms with van der Waals surface area (Å²) in [5, 5.41) is 19.0. The van der Waals surface area contributed by atoms with Crippen molar-refractivity contribution >= 4 is 22.7 Å². The Morgan fingerprint density at radius 1 is 0.946 bits per heavy atom. The fourth-order valence-corrected chi connectivity index (χ4v) is 5.18. The van der Waals surface area contributed by atoms with Crippen LogP contribution in [0.1, 0.15) is 48.6 Å². The number of nitrogens with zero attached hydrogens (tertiary/aromatic N) is 6. The number of para-hydroxylation sites is 1. The summed E-state index contributed by atoms with van der Waals surface area (Å²) in [5.41, 5.74) is 11.8. The molecule has 0 atom stereocenters. The zero-order valence-corrected chi connectivity index (χ0v) is 20.3. The summed E-state index contributed by atoms with van der Waals surface area (Å²) < 4.78 is 2.32. The number of benzene rings is 3. The predicted octanol–water partition coefficient (Wildman–Crippen LogP) is 4.67. The highest BCUT2D eigenvalue weighted by Crippen LogP contribution is 2.44. The minimum atomic E-state index is -0.0443. The second-order valence-corrected chi connectivity index (χ2v) is 9.65. The van der Waals surface area contributed by atoms with Gasteiger partial charge in [-0.1, -0.05) is 42.5 Å². The van der Waals surface area contributed by atoms with Gasteiger partial charge in [0.25, 0.3) is 0 Å². The molecule has 1 aliphatic heterocycles. The van der Waals surface area contributed by atoms with E-state index >= 15 is 0 Å². The lowest BCUT2D eigenvalue weighted by molar-refractivity contribution is -0.121. The van der Waals surface area contributed by atoms with Gasteiger partial charge >= 0.3 is 0 Å². The van der Waals surface area contributed by atoms with E-state index in [9.17, 15) is 4.79 Å². The number of fused-ring (bicyclic) bond motifs is 1. The van der Waals surface area contributed by atoms with Crippen molar-refractivity contribution in [2.75, 3.05) is 0 Å². The number of carbonyl (C=O) groups is 1.